The lowest BCUT2D eigenvalue weighted by molar-refractivity contribution is 1.15. The molecule has 5 nitrogen and oxygen atoms in total. The number of hydrogen-bond donors (Lipinski definition) is 1. The number of H-pyrrole nitrogens is 1. The average Bonchev–Trinajstić information content (AvgIpc) is 2.20. The number of nitrogens with one attached hydrogen (secondary N) is 1. The first kappa shape index (κ1) is 7.52. The number of imidazole rings is 1. The normalized spacial score (nSPS) is 6.78. The average molecular weight is 124 g/mol. The van der Waals surface area contributed by atoms with E-state index < -0.39 is 0 Å². The summed E-state index contributed by atoms with van der Waals surface area (Å²) in [7, 11) is 0. The van der Waals surface area contributed by atoms with E-state index in [0.29, 0.717) is 0 Å². The van der Waals surface area contributed by atoms with E-state index in [-0.39, 0.29) is 0 Å². The van der Waals surface area contributed by atoms with Gasteiger partial charge >= 0.3 is 0 Å². The lowest BCUT2D eigenvalue weighted by Gasteiger charge is -1.68. The van der Waals surface area contributed by atoms with Crippen molar-refractivity contribution >= 4 is 0 Å². The van der Waals surface area contributed by atoms with Crippen LogP contribution in [-0.2, 0) is 0 Å². The van der Waals surface area contributed by atoms with Gasteiger partial charge in [0, 0.05) is 12.4 Å². The zero-order valence-electron chi connectivity index (χ0n) is 4.94. The Labute approximate surface area is 52.2 Å². The van der Waals surface area contributed by atoms with Crippen LogP contribution in [0, 0.1) is 6.92 Å². The molecule has 0 radical (unpaired) electrons. The highest BCUT2D eigenvalue weighted by atomic mass is 15.0. The minimum atomic E-state index is 0.968. The molecular formula is C4H6N5-. The van der Waals surface area contributed by atoms with Crippen molar-refractivity contribution in [3.63, 3.8) is 0 Å². The summed E-state index contributed by atoms with van der Waals surface area (Å²) in [6.45, 7) is 1.92. The van der Waals surface area contributed by atoms with Gasteiger partial charge in [0.25, 0.3) is 0 Å². The summed E-state index contributed by atoms with van der Waals surface area (Å²) < 4.78 is 0. The molecular weight excluding hydrogens is 118 g/mol. The number of nitrogens with zero attached hydrogens (tertiary/aromatic N) is 4. The van der Waals surface area contributed by atoms with Crippen LogP contribution in [0.2, 0.25) is 0 Å². The Bertz CT molecular complexity index is 171. The molecule has 0 aliphatic rings. The van der Waals surface area contributed by atoms with Gasteiger partial charge in [-0.05, 0) is 6.92 Å². The topological polar surface area (TPSA) is 87.4 Å². The summed E-state index contributed by atoms with van der Waals surface area (Å²) in [6.07, 6.45) is 3.53. The summed E-state index contributed by atoms with van der Waals surface area (Å²) in [5, 5.41) is 0. The first-order valence-electron chi connectivity index (χ1n) is 2.25. The number of rotatable bonds is 0. The Morgan fingerprint density at radius 2 is 2.22 bits per heavy atom. The molecule has 0 amide bonds. The third-order valence-electron chi connectivity index (χ3n) is 0.635. The molecule has 0 spiro atoms. The third-order valence-corrected chi connectivity index (χ3v) is 0.635. The summed E-state index contributed by atoms with van der Waals surface area (Å²) in [6, 6.07) is 0. The molecule has 0 aliphatic carbocycles. The summed E-state index contributed by atoms with van der Waals surface area (Å²) in [5.41, 5.74) is 13.5. The third kappa shape index (κ3) is 4.37. The van der Waals surface area contributed by atoms with Crippen LogP contribution in [-0.4, -0.2) is 9.97 Å². The van der Waals surface area contributed by atoms with Gasteiger partial charge < -0.3 is 16.0 Å². The molecule has 1 aromatic rings. The maximum absolute atomic E-state index is 6.75. The van der Waals surface area contributed by atoms with Crippen LogP contribution in [0.4, 0.5) is 0 Å². The molecule has 48 valence electrons. The molecule has 0 atom stereocenters. The second-order valence-electron chi connectivity index (χ2n) is 1.26. The molecule has 0 unspecified atom stereocenters. The molecule has 0 aromatic carbocycles. The second kappa shape index (κ2) is 4.67. The van der Waals surface area contributed by atoms with Gasteiger partial charge in [0.2, 0.25) is 0 Å². The van der Waals surface area contributed by atoms with Crippen molar-refractivity contribution in [2.75, 3.05) is 0 Å². The van der Waals surface area contributed by atoms with Gasteiger partial charge in [0.05, 0.1) is 0 Å². The van der Waals surface area contributed by atoms with Crippen LogP contribution < -0.4 is 0 Å². The Kier molecular flexibility index (Phi) is 3.90. The van der Waals surface area contributed by atoms with E-state index in [1.165, 1.54) is 4.91 Å². The minimum Gasteiger partial charge on any atom is -0.373 e. The summed E-state index contributed by atoms with van der Waals surface area (Å²) >= 11 is 0. The van der Waals surface area contributed by atoms with E-state index in [2.05, 4.69) is 9.97 Å². The molecule has 0 bridgehead atoms. The quantitative estimate of drug-likeness (QED) is 0.317. The predicted octanol–water partition coefficient (Wildman–Crippen LogP) is 1.58. The molecule has 9 heavy (non-hydrogen) atoms. The van der Waals surface area contributed by atoms with Gasteiger partial charge in [0.1, 0.15) is 5.82 Å². The highest BCUT2D eigenvalue weighted by molar-refractivity contribution is 4.80. The monoisotopic (exact) mass is 124 g/mol. The van der Waals surface area contributed by atoms with Crippen molar-refractivity contribution < 1.29 is 0 Å². The van der Waals surface area contributed by atoms with Crippen molar-refractivity contribution in [2.24, 2.45) is 0 Å². The van der Waals surface area contributed by atoms with Crippen molar-refractivity contribution in [1.82, 2.24) is 9.97 Å². The first-order chi connectivity index (χ1) is 4.31. The van der Waals surface area contributed by atoms with E-state index in [1.54, 1.807) is 12.4 Å². The summed E-state index contributed by atoms with van der Waals surface area (Å²) in [5.74, 6) is 0.968. The number of aryl methyl sites for hydroxylation is 1. The number of aromatic amines is 1. The van der Waals surface area contributed by atoms with Crippen LogP contribution in [0.3, 0.4) is 0 Å². The zero-order chi connectivity index (χ0) is 7.11. The fourth-order valence-corrected chi connectivity index (χ4v) is 0.344. The van der Waals surface area contributed by atoms with Gasteiger partial charge in [0.15, 0.2) is 0 Å². The molecule has 1 N–H and O–H groups in total. The largest absolute Gasteiger partial charge is 0.373 e. The predicted molar refractivity (Wildman–Crippen MR) is 33.4 cm³/mol. The zero-order valence-corrected chi connectivity index (χ0v) is 4.94. The Morgan fingerprint density at radius 1 is 1.67 bits per heavy atom. The standard InChI is InChI=1S/C4H6N2.N3/c1-4-5-2-3-6-4;1-3-2/h2-3H,1H3,(H,5,6);/q;-1. The number of aromatic nitrogens is 2. The van der Waals surface area contributed by atoms with E-state index in [0.717, 1.165) is 5.82 Å². The second-order valence-corrected chi connectivity index (χ2v) is 1.26. The van der Waals surface area contributed by atoms with Crippen LogP contribution in [0.15, 0.2) is 12.4 Å². The lowest BCUT2D eigenvalue weighted by Crippen LogP contribution is -1.66. The van der Waals surface area contributed by atoms with Crippen LogP contribution in [0.5, 0.6) is 0 Å². The van der Waals surface area contributed by atoms with Crippen molar-refractivity contribution in [3.8, 4) is 0 Å². The van der Waals surface area contributed by atoms with Crippen molar-refractivity contribution in [2.45, 2.75) is 6.92 Å². The lowest BCUT2D eigenvalue weighted by atomic mass is 10.8. The maximum Gasteiger partial charge on any atom is 0.102 e. The smallest absolute Gasteiger partial charge is 0.102 e. The highest BCUT2D eigenvalue weighted by Gasteiger charge is 1.73. The Hall–Kier alpha value is -1.48. The molecule has 0 aliphatic heterocycles. The fraction of sp³-hybridized carbons (Fsp3) is 0.250. The maximum atomic E-state index is 6.75. The van der Waals surface area contributed by atoms with Gasteiger partial charge in [-0.3, -0.25) is 4.91 Å². The van der Waals surface area contributed by atoms with Gasteiger partial charge in [-0.2, -0.15) is 0 Å². The molecule has 1 heterocycles. The minimum absolute atomic E-state index is 0.968. The Morgan fingerprint density at radius 3 is 2.33 bits per heavy atom. The molecule has 1 aromatic heterocycles. The van der Waals surface area contributed by atoms with Gasteiger partial charge in [-0.1, -0.05) is 0 Å². The molecule has 0 saturated carbocycles. The molecule has 1 rings (SSSR count). The van der Waals surface area contributed by atoms with Crippen LogP contribution >= 0.6 is 0 Å². The van der Waals surface area contributed by atoms with Crippen LogP contribution in [0.25, 0.3) is 16.0 Å². The molecule has 0 saturated heterocycles. The first-order valence-corrected chi connectivity index (χ1v) is 2.25. The number of hydrogen-bond acceptors (Lipinski definition) is 1. The summed E-state index contributed by atoms with van der Waals surface area (Å²) in [4.78, 5) is 8.25. The SMILES string of the molecule is Cc1ncc[nH]1.[N-]=[N+]=[N-]. The fourth-order valence-electron chi connectivity index (χ4n) is 0.344. The molecule has 0 fully saturated rings. The van der Waals surface area contributed by atoms with Crippen LogP contribution in [0.1, 0.15) is 5.82 Å². The van der Waals surface area contributed by atoms with E-state index in [4.69, 9.17) is 11.1 Å². The highest BCUT2D eigenvalue weighted by Crippen LogP contribution is 1.78. The van der Waals surface area contributed by atoms with Crippen molar-refractivity contribution in [3.05, 3.63) is 34.2 Å². The van der Waals surface area contributed by atoms with E-state index in [1.807, 2.05) is 6.92 Å². The van der Waals surface area contributed by atoms with Crippen molar-refractivity contribution in [1.29, 1.82) is 0 Å². The van der Waals surface area contributed by atoms with Gasteiger partial charge in [-0.25, -0.2) is 4.98 Å². The Balaban J connectivity index is 0.000000187. The molecule has 5 heteroatoms. The van der Waals surface area contributed by atoms with E-state index >= 15 is 0 Å². The van der Waals surface area contributed by atoms with E-state index in [9.17, 15) is 0 Å². The van der Waals surface area contributed by atoms with Gasteiger partial charge in [-0.15, -0.1) is 0 Å².